The Morgan fingerprint density at radius 2 is 1.00 bits per heavy atom. The molecule has 3 aromatic carbocycles. The molecule has 0 amide bonds. The average molecular weight is 364 g/mol. The Bertz CT molecular complexity index is 727. The molecule has 0 atom stereocenters. The molecule has 124 valence electrons. The van der Waals surface area contributed by atoms with E-state index < -0.39 is 7.26 Å². The van der Waals surface area contributed by atoms with Crippen LogP contribution in [0.3, 0.4) is 0 Å². The van der Waals surface area contributed by atoms with Crippen LogP contribution in [0.5, 0.6) is 0 Å². The van der Waals surface area contributed by atoms with Gasteiger partial charge in [0.15, 0.2) is 0 Å². The van der Waals surface area contributed by atoms with Gasteiger partial charge in [0.05, 0.1) is 6.16 Å². The zero-order valence-corrected chi connectivity index (χ0v) is 15.7. The van der Waals surface area contributed by atoms with Crippen LogP contribution in [-0.2, 0) is 0 Å². The molecule has 0 saturated heterocycles. The fraction of sp³-hybridized carbons (Fsp3) is 0.0435. The molecule has 3 aromatic rings. The maximum absolute atomic E-state index is 5.68. The molecular formula is C23H21ClP+. The van der Waals surface area contributed by atoms with Crippen molar-refractivity contribution in [2.75, 3.05) is 6.16 Å². The molecule has 0 spiro atoms. The summed E-state index contributed by atoms with van der Waals surface area (Å²) in [5, 5.41) is 4.19. The maximum atomic E-state index is 5.68. The molecule has 0 nitrogen and oxygen atoms in total. The van der Waals surface area contributed by atoms with Crippen LogP contribution < -0.4 is 15.9 Å². The van der Waals surface area contributed by atoms with E-state index in [0.717, 1.165) is 6.16 Å². The van der Waals surface area contributed by atoms with Gasteiger partial charge in [-0.2, -0.15) is 0 Å². The summed E-state index contributed by atoms with van der Waals surface area (Å²) in [4.78, 5) is 0. The zero-order valence-electron chi connectivity index (χ0n) is 14.0. The Hall–Kier alpha value is -2.14. The predicted molar refractivity (Wildman–Crippen MR) is 114 cm³/mol. The summed E-state index contributed by atoms with van der Waals surface area (Å²) < 4.78 is 0. The van der Waals surface area contributed by atoms with Gasteiger partial charge in [-0.05, 0) is 42.5 Å². The van der Waals surface area contributed by atoms with E-state index >= 15 is 0 Å². The van der Waals surface area contributed by atoms with Crippen molar-refractivity contribution in [2.45, 2.75) is 0 Å². The molecule has 0 bridgehead atoms. The lowest BCUT2D eigenvalue weighted by Crippen LogP contribution is -2.32. The normalized spacial score (nSPS) is 12.0. The molecule has 0 aliphatic carbocycles. The second-order valence-corrected chi connectivity index (χ2v) is 9.53. The van der Waals surface area contributed by atoms with Crippen LogP contribution in [0.25, 0.3) is 0 Å². The van der Waals surface area contributed by atoms with Crippen molar-refractivity contribution in [3.05, 3.63) is 115 Å². The second-order valence-electron chi connectivity index (χ2n) is 5.75. The van der Waals surface area contributed by atoms with Crippen molar-refractivity contribution in [1.29, 1.82) is 0 Å². The minimum atomic E-state index is -1.76. The second kappa shape index (κ2) is 8.81. The number of hydrogen-bond donors (Lipinski definition) is 0. The Morgan fingerprint density at radius 3 is 1.36 bits per heavy atom. The van der Waals surface area contributed by atoms with Gasteiger partial charge < -0.3 is 0 Å². The van der Waals surface area contributed by atoms with Crippen molar-refractivity contribution in [2.24, 2.45) is 0 Å². The van der Waals surface area contributed by atoms with Gasteiger partial charge in [-0.1, -0.05) is 78.4 Å². The fourth-order valence-corrected chi connectivity index (χ4v) is 7.24. The SMILES string of the molecule is Cl/C=C/C=C/C[P+](c1ccccc1)(c1ccccc1)c1ccccc1. The molecule has 0 aliphatic rings. The van der Waals surface area contributed by atoms with Crippen molar-refractivity contribution in [3.63, 3.8) is 0 Å². The van der Waals surface area contributed by atoms with Crippen molar-refractivity contribution >= 4 is 34.8 Å². The van der Waals surface area contributed by atoms with Gasteiger partial charge in [0, 0.05) is 5.54 Å². The molecule has 3 rings (SSSR count). The van der Waals surface area contributed by atoms with E-state index in [1.54, 1.807) is 5.54 Å². The zero-order chi connectivity index (χ0) is 17.4. The van der Waals surface area contributed by atoms with Crippen molar-refractivity contribution in [1.82, 2.24) is 0 Å². The molecule has 25 heavy (non-hydrogen) atoms. The van der Waals surface area contributed by atoms with E-state index in [1.807, 2.05) is 12.2 Å². The van der Waals surface area contributed by atoms with Crippen LogP contribution >= 0.6 is 18.9 Å². The highest BCUT2D eigenvalue weighted by Crippen LogP contribution is 2.55. The van der Waals surface area contributed by atoms with Gasteiger partial charge in [-0.15, -0.1) is 0 Å². The summed E-state index contributed by atoms with van der Waals surface area (Å²) in [5.41, 5.74) is 1.55. The number of hydrogen-bond acceptors (Lipinski definition) is 0. The number of halogens is 1. The highest BCUT2D eigenvalue weighted by Gasteiger charge is 2.43. The van der Waals surface area contributed by atoms with E-state index in [-0.39, 0.29) is 0 Å². The first-order valence-corrected chi connectivity index (χ1v) is 10.8. The minimum absolute atomic E-state index is 0.965. The molecule has 0 N–H and O–H groups in total. The van der Waals surface area contributed by atoms with Gasteiger partial charge in [0.2, 0.25) is 0 Å². The van der Waals surface area contributed by atoms with E-state index in [2.05, 4.69) is 97.1 Å². The fourth-order valence-electron chi connectivity index (χ4n) is 3.15. The van der Waals surface area contributed by atoms with Crippen LogP contribution in [0.15, 0.2) is 115 Å². The molecule has 0 fully saturated rings. The predicted octanol–water partition coefficient (Wildman–Crippen LogP) is 5.29. The monoisotopic (exact) mass is 363 g/mol. The van der Waals surface area contributed by atoms with E-state index in [9.17, 15) is 0 Å². The lowest BCUT2D eigenvalue weighted by molar-refractivity contribution is 1.65. The van der Waals surface area contributed by atoms with Gasteiger partial charge in [0.1, 0.15) is 23.2 Å². The van der Waals surface area contributed by atoms with Gasteiger partial charge in [-0.3, -0.25) is 0 Å². The lowest BCUT2D eigenvalue weighted by Gasteiger charge is -2.26. The molecule has 0 heterocycles. The molecule has 2 heteroatoms. The summed E-state index contributed by atoms with van der Waals surface area (Å²) in [6.45, 7) is 0. The number of benzene rings is 3. The standard InChI is InChI=1S/C23H21ClP/c24-19-11-4-12-20-25(21-13-5-1-6-14-21,22-15-7-2-8-16-22)23-17-9-3-10-18-23/h1-19H,20H2/q+1/b12-4+,19-11+. The van der Waals surface area contributed by atoms with Gasteiger partial charge in [-0.25, -0.2) is 0 Å². The molecule has 0 saturated carbocycles. The summed E-state index contributed by atoms with van der Waals surface area (Å²) in [6, 6.07) is 32.7. The Labute approximate surface area is 155 Å². The highest BCUT2D eigenvalue weighted by atomic mass is 35.5. The molecule has 0 aromatic heterocycles. The topological polar surface area (TPSA) is 0 Å². The van der Waals surface area contributed by atoms with E-state index in [4.69, 9.17) is 11.6 Å². The summed E-state index contributed by atoms with van der Waals surface area (Å²) in [7, 11) is -1.76. The minimum Gasteiger partial charge on any atom is -0.0930 e. The summed E-state index contributed by atoms with van der Waals surface area (Å²) >= 11 is 5.68. The summed E-state index contributed by atoms with van der Waals surface area (Å²) in [5.74, 6) is 0. The quantitative estimate of drug-likeness (QED) is 0.412. The molecule has 0 unspecified atom stereocenters. The first-order chi connectivity index (χ1) is 12.4. The smallest absolute Gasteiger partial charge is 0.0930 e. The average Bonchev–Trinajstić information content (AvgIpc) is 2.70. The molecule has 0 aliphatic heterocycles. The van der Waals surface area contributed by atoms with E-state index in [0.29, 0.717) is 0 Å². The van der Waals surface area contributed by atoms with Gasteiger partial charge >= 0.3 is 0 Å². The third-order valence-electron chi connectivity index (χ3n) is 4.29. The first-order valence-electron chi connectivity index (χ1n) is 8.35. The Kier molecular flexibility index (Phi) is 6.23. The molecular weight excluding hydrogens is 343 g/mol. The number of rotatable bonds is 6. The maximum Gasteiger partial charge on any atom is 0.115 e. The van der Waals surface area contributed by atoms with Crippen LogP contribution in [-0.4, -0.2) is 6.16 Å². The third kappa shape index (κ3) is 3.93. The number of allylic oxidation sites excluding steroid dienone is 3. The first kappa shape index (κ1) is 17.7. The van der Waals surface area contributed by atoms with Crippen LogP contribution in [0.2, 0.25) is 0 Å². The van der Waals surface area contributed by atoms with Crippen molar-refractivity contribution < 1.29 is 0 Å². The Morgan fingerprint density at radius 1 is 0.600 bits per heavy atom. The van der Waals surface area contributed by atoms with Gasteiger partial charge in [0.25, 0.3) is 0 Å². The van der Waals surface area contributed by atoms with Crippen LogP contribution in [0.1, 0.15) is 0 Å². The van der Waals surface area contributed by atoms with Crippen molar-refractivity contribution in [3.8, 4) is 0 Å². The largest absolute Gasteiger partial charge is 0.115 e. The molecule has 0 radical (unpaired) electrons. The Balaban J connectivity index is 2.23. The van der Waals surface area contributed by atoms with Crippen LogP contribution in [0, 0.1) is 0 Å². The van der Waals surface area contributed by atoms with E-state index in [1.165, 1.54) is 15.9 Å². The lowest BCUT2D eigenvalue weighted by atomic mass is 10.4. The van der Waals surface area contributed by atoms with Crippen LogP contribution in [0.4, 0.5) is 0 Å². The highest BCUT2D eigenvalue weighted by molar-refractivity contribution is 7.95. The summed E-state index contributed by atoms with van der Waals surface area (Å²) in [6.07, 6.45) is 7.11. The third-order valence-corrected chi connectivity index (χ3v) is 8.73.